The first kappa shape index (κ1) is 10.7. The summed E-state index contributed by atoms with van der Waals surface area (Å²) in [5.41, 5.74) is 1.27. The summed E-state index contributed by atoms with van der Waals surface area (Å²) in [4.78, 5) is 0.963. The molecule has 8 heavy (non-hydrogen) atoms. The molecule has 0 rings (SSSR count). The second kappa shape index (κ2) is 9.90. The van der Waals surface area contributed by atoms with E-state index in [2.05, 4.69) is 6.58 Å². The Bertz CT molecular complexity index is 68.9. The van der Waals surface area contributed by atoms with E-state index in [1.54, 1.807) is 0 Å². The third-order valence-corrected chi connectivity index (χ3v) is 0.780. The summed E-state index contributed by atoms with van der Waals surface area (Å²) in [6.07, 6.45) is 0. The molecule has 0 aliphatic heterocycles. The maximum Gasteiger partial charge on any atom is 0.0551 e. The van der Waals surface area contributed by atoms with Crippen LogP contribution in [-0.4, -0.2) is 5.55 Å². The van der Waals surface area contributed by atoms with Crippen LogP contribution in [-0.2, 0) is 0 Å². The molecule has 1 N–H and O–H groups in total. The van der Waals surface area contributed by atoms with Crippen LogP contribution in [0.3, 0.4) is 0 Å². The van der Waals surface area contributed by atoms with Gasteiger partial charge < -0.3 is 5.41 Å². The Morgan fingerprint density at radius 2 is 2.00 bits per heavy atom. The molecule has 2 heteroatoms. The van der Waals surface area contributed by atoms with Gasteiger partial charge in [-0.2, -0.15) is 0 Å². The average molecular weight is 131 g/mol. The summed E-state index contributed by atoms with van der Waals surface area (Å²) < 4.78 is 0. The highest BCUT2D eigenvalue weighted by molar-refractivity contribution is 8.15. The molecule has 48 valence electrons. The van der Waals surface area contributed by atoms with Crippen molar-refractivity contribution in [3.63, 3.8) is 0 Å². The van der Waals surface area contributed by atoms with Gasteiger partial charge in [-0.3, -0.25) is 0 Å². The van der Waals surface area contributed by atoms with E-state index >= 15 is 0 Å². The second-order valence-corrected chi connectivity index (χ2v) is 2.11. The van der Waals surface area contributed by atoms with Crippen LogP contribution in [0.15, 0.2) is 11.5 Å². The highest BCUT2D eigenvalue weighted by atomic mass is 32.2. The zero-order valence-corrected chi connectivity index (χ0v) is 6.51. The van der Waals surface area contributed by atoms with E-state index < -0.39 is 0 Å². The minimum atomic E-state index is 0.963. The maximum absolute atomic E-state index is 6.51. The van der Waals surface area contributed by atoms with Gasteiger partial charge in [-0.15, -0.1) is 0 Å². The number of thioether (sulfide) groups is 1. The van der Waals surface area contributed by atoms with E-state index in [4.69, 9.17) is 5.41 Å². The number of hydrogen-bond donors (Lipinski definition) is 1. The van der Waals surface area contributed by atoms with Gasteiger partial charge in [0.2, 0.25) is 0 Å². The Morgan fingerprint density at radius 1 is 1.62 bits per heavy atom. The Morgan fingerprint density at radius 3 is 2.00 bits per heavy atom. The van der Waals surface area contributed by atoms with Crippen molar-refractivity contribution in [3.05, 3.63) is 11.5 Å². The molecule has 0 atom stereocenters. The summed E-state index contributed by atoms with van der Waals surface area (Å²) in [5.74, 6) is 0. The Balaban J connectivity index is 0. The minimum absolute atomic E-state index is 0.963. The third kappa shape index (κ3) is 17.1. The number of hydrogen-bond acceptors (Lipinski definition) is 2. The number of rotatable bonds is 2. The highest BCUT2D eigenvalue weighted by Gasteiger charge is 1.73. The summed E-state index contributed by atoms with van der Waals surface area (Å²) in [5, 5.41) is 6.51. The fourth-order valence-corrected chi connectivity index (χ4v) is 0.302. The fraction of sp³-hybridized carbons (Fsp3) is 0.500. The maximum atomic E-state index is 6.51. The van der Waals surface area contributed by atoms with Gasteiger partial charge in [-0.25, -0.2) is 0 Å². The molecule has 1 nitrogen and oxygen atoms in total. The van der Waals surface area contributed by atoms with E-state index in [0.717, 1.165) is 4.91 Å². The molecule has 0 aliphatic carbocycles. The van der Waals surface area contributed by atoms with Gasteiger partial charge in [-0.05, 0) is 11.8 Å². The monoisotopic (exact) mass is 131 g/mol. The van der Waals surface area contributed by atoms with Crippen molar-refractivity contribution in [2.45, 2.75) is 20.8 Å². The van der Waals surface area contributed by atoms with E-state index in [1.807, 2.05) is 20.8 Å². The molecule has 0 bridgehead atoms. The molecule has 0 saturated heterocycles. The standard InChI is InChI=1S/C4H7NS.C2H6/c1-4(2)6-3-5;1-2/h3,5H,1H2,2H3;1-2H3. The molecule has 0 unspecified atom stereocenters. The minimum Gasteiger partial charge on any atom is -0.302 e. The van der Waals surface area contributed by atoms with Crippen LogP contribution in [0.4, 0.5) is 0 Å². The lowest BCUT2D eigenvalue weighted by Crippen LogP contribution is -1.56. The van der Waals surface area contributed by atoms with Crippen molar-refractivity contribution in [2.24, 2.45) is 0 Å². The predicted octanol–water partition coefficient (Wildman–Crippen LogP) is 2.89. The molecular weight excluding hydrogens is 118 g/mol. The summed E-state index contributed by atoms with van der Waals surface area (Å²) in [7, 11) is 0. The Hall–Kier alpha value is -0.240. The number of allylic oxidation sites excluding steroid dienone is 1. The lowest BCUT2D eigenvalue weighted by molar-refractivity contribution is 1.50. The Kier molecular flexibility index (Phi) is 13.2. The molecule has 0 amide bonds. The van der Waals surface area contributed by atoms with Gasteiger partial charge in [0, 0.05) is 0 Å². The Labute approximate surface area is 55.7 Å². The quantitative estimate of drug-likeness (QED) is 0.452. The molecule has 0 aromatic rings. The largest absolute Gasteiger partial charge is 0.302 e. The first-order chi connectivity index (χ1) is 3.77. The van der Waals surface area contributed by atoms with Crippen LogP contribution in [0.2, 0.25) is 0 Å². The molecule has 0 fully saturated rings. The van der Waals surface area contributed by atoms with Crippen molar-refractivity contribution < 1.29 is 0 Å². The van der Waals surface area contributed by atoms with E-state index in [9.17, 15) is 0 Å². The van der Waals surface area contributed by atoms with Crippen molar-refractivity contribution >= 4 is 17.3 Å². The third-order valence-electron chi connectivity index (χ3n) is 0.260. The molecule has 0 aromatic carbocycles. The van der Waals surface area contributed by atoms with Crippen LogP contribution in [0, 0.1) is 5.41 Å². The normalized spacial score (nSPS) is 6.38. The van der Waals surface area contributed by atoms with Crippen LogP contribution in [0.25, 0.3) is 0 Å². The van der Waals surface area contributed by atoms with Gasteiger partial charge in [0.15, 0.2) is 0 Å². The fourth-order valence-electron chi connectivity index (χ4n) is 0.101. The van der Waals surface area contributed by atoms with Crippen LogP contribution >= 0.6 is 11.8 Å². The molecule has 0 radical (unpaired) electrons. The lowest BCUT2D eigenvalue weighted by atomic mass is 10.8. The van der Waals surface area contributed by atoms with Crippen molar-refractivity contribution in [1.82, 2.24) is 0 Å². The smallest absolute Gasteiger partial charge is 0.0551 e. The van der Waals surface area contributed by atoms with Crippen molar-refractivity contribution in [3.8, 4) is 0 Å². The summed E-state index contributed by atoms with van der Waals surface area (Å²) in [6, 6.07) is 0. The SMILES string of the molecule is C=C(C)SC=N.CC. The van der Waals surface area contributed by atoms with Crippen LogP contribution in [0.1, 0.15) is 20.8 Å². The van der Waals surface area contributed by atoms with Gasteiger partial charge in [0.1, 0.15) is 0 Å². The summed E-state index contributed by atoms with van der Waals surface area (Å²) in [6.45, 7) is 9.43. The van der Waals surface area contributed by atoms with E-state index in [-0.39, 0.29) is 0 Å². The van der Waals surface area contributed by atoms with Gasteiger partial charge in [0.25, 0.3) is 0 Å². The first-order valence-corrected chi connectivity index (χ1v) is 3.46. The van der Waals surface area contributed by atoms with Crippen molar-refractivity contribution in [2.75, 3.05) is 0 Å². The van der Waals surface area contributed by atoms with Crippen LogP contribution in [0.5, 0.6) is 0 Å². The molecular formula is C6H13NS. The van der Waals surface area contributed by atoms with E-state index in [0.29, 0.717) is 0 Å². The van der Waals surface area contributed by atoms with Gasteiger partial charge >= 0.3 is 0 Å². The van der Waals surface area contributed by atoms with E-state index in [1.165, 1.54) is 17.3 Å². The first-order valence-electron chi connectivity index (χ1n) is 2.58. The zero-order valence-electron chi connectivity index (χ0n) is 5.69. The highest BCUT2D eigenvalue weighted by Crippen LogP contribution is 2.05. The molecule has 0 spiro atoms. The van der Waals surface area contributed by atoms with Crippen LogP contribution < -0.4 is 0 Å². The average Bonchev–Trinajstić information content (AvgIpc) is 1.72. The molecule has 0 aromatic heterocycles. The predicted molar refractivity (Wildman–Crippen MR) is 42.5 cm³/mol. The number of nitrogens with one attached hydrogen (secondary N) is 1. The van der Waals surface area contributed by atoms with Gasteiger partial charge in [0.05, 0.1) is 5.55 Å². The lowest BCUT2D eigenvalue weighted by Gasteiger charge is -1.81. The molecule has 0 saturated carbocycles. The van der Waals surface area contributed by atoms with Crippen molar-refractivity contribution in [1.29, 1.82) is 5.41 Å². The van der Waals surface area contributed by atoms with Gasteiger partial charge in [-0.1, -0.05) is 32.2 Å². The molecule has 0 heterocycles. The second-order valence-electron chi connectivity index (χ2n) is 0.938. The molecule has 0 aliphatic rings. The summed E-state index contributed by atoms with van der Waals surface area (Å²) >= 11 is 1.33. The zero-order chi connectivity index (χ0) is 6.99. The topological polar surface area (TPSA) is 23.9 Å².